The number of halogens is 1. The molecule has 0 N–H and O–H groups in total. The van der Waals surface area contributed by atoms with Crippen LogP contribution in [0.2, 0.25) is 5.02 Å². The van der Waals surface area contributed by atoms with E-state index in [9.17, 15) is 0 Å². The summed E-state index contributed by atoms with van der Waals surface area (Å²) in [5, 5.41) is 0.731. The Morgan fingerprint density at radius 1 is 1.03 bits per heavy atom. The molecule has 1 heterocycles. The number of rotatable bonds is 9. The maximum atomic E-state index is 6.36. The van der Waals surface area contributed by atoms with E-state index >= 15 is 0 Å². The Bertz CT molecular complexity index is 1220. The molecule has 5 rings (SSSR count). The molecule has 35 heavy (non-hydrogen) atoms. The number of pyridine rings is 1. The van der Waals surface area contributed by atoms with E-state index in [1.165, 1.54) is 45.2 Å². The third-order valence-electron chi connectivity index (χ3n) is 7.11. The molecule has 0 spiro atoms. The van der Waals surface area contributed by atoms with Crippen molar-refractivity contribution in [3.05, 3.63) is 82.6 Å². The van der Waals surface area contributed by atoms with Crippen molar-refractivity contribution in [2.75, 3.05) is 19.7 Å². The van der Waals surface area contributed by atoms with Crippen molar-refractivity contribution in [2.24, 2.45) is 5.92 Å². The van der Waals surface area contributed by atoms with E-state index in [-0.39, 0.29) is 5.54 Å². The Balaban J connectivity index is 1.21. The zero-order valence-corrected chi connectivity index (χ0v) is 21.4. The Morgan fingerprint density at radius 2 is 1.80 bits per heavy atom. The minimum absolute atomic E-state index is 0.257. The number of aromatic nitrogens is 1. The fraction of sp³-hybridized carbons (Fsp3) is 0.387. The highest BCUT2D eigenvalue weighted by Crippen LogP contribution is 2.44. The van der Waals surface area contributed by atoms with E-state index < -0.39 is 0 Å². The summed E-state index contributed by atoms with van der Waals surface area (Å²) in [6.07, 6.45) is 8.38. The highest BCUT2D eigenvalue weighted by atomic mass is 35.5. The molecule has 0 bridgehead atoms. The summed E-state index contributed by atoms with van der Waals surface area (Å²) in [6, 6.07) is 18.0. The minimum Gasteiger partial charge on any atom is -0.491 e. The summed E-state index contributed by atoms with van der Waals surface area (Å²) in [7, 11) is 0. The first kappa shape index (κ1) is 23.9. The molecule has 180 valence electrons. The van der Waals surface area contributed by atoms with Gasteiger partial charge in [-0.05, 0) is 105 Å². The van der Waals surface area contributed by atoms with Crippen LogP contribution >= 0.6 is 11.6 Å². The zero-order valence-electron chi connectivity index (χ0n) is 20.7. The predicted molar refractivity (Wildman–Crippen MR) is 144 cm³/mol. The predicted octanol–water partition coefficient (Wildman–Crippen LogP) is 7.14. The largest absolute Gasteiger partial charge is 0.491 e. The van der Waals surface area contributed by atoms with Crippen LogP contribution in [0.3, 0.4) is 0 Å². The molecule has 0 unspecified atom stereocenters. The number of hydrogen-bond acceptors (Lipinski definition) is 3. The molecule has 3 nitrogen and oxygen atoms in total. The van der Waals surface area contributed by atoms with Gasteiger partial charge in [-0.2, -0.15) is 0 Å². The molecular formula is C31H33ClN2O. The molecule has 0 saturated heterocycles. The average Bonchev–Trinajstić information content (AvgIpc) is 3.79. The smallest absolute Gasteiger partial charge is 0.122 e. The minimum atomic E-state index is 0.257. The van der Waals surface area contributed by atoms with Crippen molar-refractivity contribution in [1.82, 2.24) is 9.88 Å². The first-order valence-corrected chi connectivity index (χ1v) is 13.1. The van der Waals surface area contributed by atoms with Gasteiger partial charge in [0.1, 0.15) is 18.1 Å². The monoisotopic (exact) mass is 484 g/mol. The summed E-state index contributed by atoms with van der Waals surface area (Å²) < 4.78 is 6.36. The van der Waals surface area contributed by atoms with Crippen molar-refractivity contribution in [1.29, 1.82) is 0 Å². The van der Waals surface area contributed by atoms with Crippen molar-refractivity contribution in [3.63, 3.8) is 0 Å². The number of nitrogens with zero attached hydrogens (tertiary/aromatic N) is 2. The van der Waals surface area contributed by atoms with Gasteiger partial charge in [0.2, 0.25) is 0 Å². The van der Waals surface area contributed by atoms with E-state index in [2.05, 4.69) is 47.7 Å². The Labute approximate surface area is 214 Å². The lowest BCUT2D eigenvalue weighted by Gasteiger charge is -2.32. The van der Waals surface area contributed by atoms with Crippen LogP contribution in [0.5, 0.6) is 5.75 Å². The molecule has 3 aromatic rings. The third-order valence-corrected chi connectivity index (χ3v) is 7.37. The normalized spacial score (nSPS) is 16.0. The van der Waals surface area contributed by atoms with E-state index in [4.69, 9.17) is 16.3 Å². The summed E-state index contributed by atoms with van der Waals surface area (Å²) in [5.74, 6) is 8.32. The second-order valence-corrected chi connectivity index (χ2v) is 10.5. The number of ether oxygens (including phenoxy) is 1. The van der Waals surface area contributed by atoms with Gasteiger partial charge >= 0.3 is 0 Å². The molecule has 2 aromatic carbocycles. The van der Waals surface area contributed by atoms with E-state index in [1.54, 1.807) is 0 Å². The average molecular weight is 485 g/mol. The van der Waals surface area contributed by atoms with Gasteiger partial charge < -0.3 is 4.74 Å². The molecule has 2 aliphatic rings. The van der Waals surface area contributed by atoms with Crippen LogP contribution < -0.4 is 4.74 Å². The van der Waals surface area contributed by atoms with Gasteiger partial charge in [0.25, 0.3) is 0 Å². The van der Waals surface area contributed by atoms with Gasteiger partial charge in [-0.15, -0.1) is 0 Å². The lowest BCUT2D eigenvalue weighted by molar-refractivity contribution is 0.111. The Kier molecular flexibility index (Phi) is 7.14. The second-order valence-electron chi connectivity index (χ2n) is 10.1. The molecular weight excluding hydrogens is 452 g/mol. The van der Waals surface area contributed by atoms with Gasteiger partial charge in [-0.1, -0.05) is 42.6 Å². The summed E-state index contributed by atoms with van der Waals surface area (Å²) in [6.45, 7) is 7.61. The molecule has 0 atom stereocenters. The standard InChI is InChI=1S/C31H33ClN2O/c1-3-18-34(21-25-4-5-25)31(16-17-31)22-35-30-15-7-24(19-23(30)2)6-13-29-14-10-27(20-33-29)26-8-11-28(32)12-9-26/h7-12,14-15,19-20,25H,3-5,16-18,21-22H2,1-2H3. The lowest BCUT2D eigenvalue weighted by atomic mass is 10.1. The number of benzene rings is 2. The second kappa shape index (κ2) is 10.4. The maximum Gasteiger partial charge on any atom is 0.122 e. The molecule has 0 aliphatic heterocycles. The van der Waals surface area contributed by atoms with E-state index in [0.29, 0.717) is 0 Å². The Morgan fingerprint density at radius 3 is 2.43 bits per heavy atom. The van der Waals surface area contributed by atoms with Crippen molar-refractivity contribution in [2.45, 2.75) is 51.5 Å². The van der Waals surface area contributed by atoms with Crippen LogP contribution in [0.15, 0.2) is 60.8 Å². The highest BCUT2D eigenvalue weighted by Gasteiger charge is 2.49. The van der Waals surface area contributed by atoms with Crippen molar-refractivity contribution >= 4 is 11.6 Å². The van der Waals surface area contributed by atoms with Gasteiger partial charge in [-0.3, -0.25) is 4.90 Å². The van der Waals surface area contributed by atoms with Gasteiger partial charge in [0.05, 0.1) is 5.54 Å². The Hall–Kier alpha value is -2.80. The van der Waals surface area contributed by atoms with Crippen LogP contribution in [0, 0.1) is 24.7 Å². The first-order chi connectivity index (χ1) is 17.0. The van der Waals surface area contributed by atoms with Gasteiger partial charge in [-0.25, -0.2) is 4.98 Å². The number of aryl methyl sites for hydroxylation is 1. The van der Waals surface area contributed by atoms with Crippen LogP contribution in [0.1, 0.15) is 55.8 Å². The molecule has 2 fully saturated rings. The third kappa shape index (κ3) is 6.07. The molecule has 2 saturated carbocycles. The number of hydrogen-bond donors (Lipinski definition) is 0. The molecule has 2 aliphatic carbocycles. The van der Waals surface area contributed by atoms with Crippen molar-refractivity contribution in [3.8, 4) is 28.7 Å². The fourth-order valence-corrected chi connectivity index (χ4v) is 4.74. The summed E-state index contributed by atoms with van der Waals surface area (Å²) >= 11 is 5.98. The fourth-order valence-electron chi connectivity index (χ4n) is 4.62. The molecule has 4 heteroatoms. The highest BCUT2D eigenvalue weighted by molar-refractivity contribution is 6.30. The van der Waals surface area contributed by atoms with E-state index in [1.807, 2.05) is 48.7 Å². The van der Waals surface area contributed by atoms with Crippen LogP contribution in [-0.4, -0.2) is 35.1 Å². The van der Waals surface area contributed by atoms with Crippen LogP contribution in [0.4, 0.5) is 0 Å². The molecule has 0 radical (unpaired) electrons. The van der Waals surface area contributed by atoms with E-state index in [0.717, 1.165) is 51.2 Å². The quantitative estimate of drug-likeness (QED) is 0.302. The van der Waals surface area contributed by atoms with Crippen LogP contribution in [0.25, 0.3) is 11.1 Å². The first-order valence-electron chi connectivity index (χ1n) is 12.8. The topological polar surface area (TPSA) is 25.4 Å². The maximum absolute atomic E-state index is 6.36. The summed E-state index contributed by atoms with van der Waals surface area (Å²) in [4.78, 5) is 7.23. The van der Waals surface area contributed by atoms with Crippen molar-refractivity contribution < 1.29 is 4.74 Å². The van der Waals surface area contributed by atoms with Crippen LogP contribution in [-0.2, 0) is 0 Å². The molecule has 0 amide bonds. The van der Waals surface area contributed by atoms with Gasteiger partial charge in [0, 0.05) is 28.9 Å². The summed E-state index contributed by atoms with van der Waals surface area (Å²) in [5.41, 5.74) is 5.25. The lowest BCUT2D eigenvalue weighted by Crippen LogP contribution is -2.43. The molecule has 1 aromatic heterocycles. The SMILES string of the molecule is CCCN(CC1CC1)C1(COc2ccc(C#Cc3ccc(-c4ccc(Cl)cc4)cn3)cc2C)CC1. The zero-order chi connectivity index (χ0) is 24.3. The van der Waals surface area contributed by atoms with Gasteiger partial charge in [0.15, 0.2) is 0 Å².